The van der Waals surface area contributed by atoms with Crippen molar-refractivity contribution < 1.29 is 9.53 Å². The van der Waals surface area contributed by atoms with Crippen LogP contribution in [-0.4, -0.2) is 29.7 Å². The summed E-state index contributed by atoms with van der Waals surface area (Å²) < 4.78 is 5.15. The molecule has 0 aliphatic carbocycles. The number of primary amides is 1. The molecule has 1 atom stereocenters. The van der Waals surface area contributed by atoms with Crippen molar-refractivity contribution >= 4 is 6.09 Å². The summed E-state index contributed by atoms with van der Waals surface area (Å²) in [4.78, 5) is 13.4. The molecule has 2 rings (SSSR count). The Balaban J connectivity index is 1.74. The second-order valence-corrected chi connectivity index (χ2v) is 6.59. The van der Waals surface area contributed by atoms with Gasteiger partial charge >= 0.3 is 6.09 Å². The second-order valence-electron chi connectivity index (χ2n) is 6.59. The summed E-state index contributed by atoms with van der Waals surface area (Å²) in [5, 5.41) is 0. The summed E-state index contributed by atoms with van der Waals surface area (Å²) in [7, 11) is 0. The predicted molar refractivity (Wildman–Crippen MR) is 83.8 cm³/mol. The molecule has 0 saturated carbocycles. The molecule has 0 bridgehead atoms. The Bertz CT molecular complexity index is 459. The average Bonchev–Trinajstić information content (AvgIpc) is 2.84. The molecule has 1 aromatic carbocycles. The van der Waals surface area contributed by atoms with Crippen LogP contribution in [0.15, 0.2) is 30.3 Å². The molecule has 1 saturated heterocycles. The third kappa shape index (κ3) is 5.38. The molecule has 0 spiro atoms. The molecule has 4 heteroatoms. The van der Waals surface area contributed by atoms with Gasteiger partial charge in [0.05, 0.1) is 0 Å². The van der Waals surface area contributed by atoms with Crippen LogP contribution >= 0.6 is 0 Å². The Morgan fingerprint density at radius 2 is 2.10 bits per heavy atom. The Labute approximate surface area is 127 Å². The number of nitrogens with two attached hydrogens (primary N) is 1. The maximum Gasteiger partial charge on any atom is 0.405 e. The topological polar surface area (TPSA) is 55.6 Å². The maximum atomic E-state index is 10.9. The zero-order chi connectivity index (χ0) is 15.3. The first-order valence-corrected chi connectivity index (χ1v) is 7.69. The number of ether oxygens (including phenoxy) is 1. The number of benzene rings is 1. The summed E-state index contributed by atoms with van der Waals surface area (Å²) in [5.74, 6) is 0.685. The van der Waals surface area contributed by atoms with Crippen LogP contribution in [0.4, 0.5) is 4.79 Å². The van der Waals surface area contributed by atoms with Crippen molar-refractivity contribution in [1.82, 2.24) is 4.90 Å². The van der Waals surface area contributed by atoms with Gasteiger partial charge in [0.1, 0.15) is 5.60 Å². The van der Waals surface area contributed by atoms with Crippen molar-refractivity contribution in [2.75, 3.05) is 13.1 Å². The fourth-order valence-corrected chi connectivity index (χ4v) is 3.01. The fourth-order valence-electron chi connectivity index (χ4n) is 3.01. The molecule has 1 aliphatic rings. The van der Waals surface area contributed by atoms with E-state index in [0.29, 0.717) is 5.92 Å². The van der Waals surface area contributed by atoms with Crippen LogP contribution in [0.5, 0.6) is 0 Å². The van der Waals surface area contributed by atoms with Crippen molar-refractivity contribution in [3.63, 3.8) is 0 Å². The molecular formula is C17H26N2O2. The zero-order valence-electron chi connectivity index (χ0n) is 13.0. The molecule has 1 aliphatic heterocycles. The third-order valence-corrected chi connectivity index (χ3v) is 4.15. The van der Waals surface area contributed by atoms with E-state index in [4.69, 9.17) is 10.5 Å². The van der Waals surface area contributed by atoms with E-state index in [0.717, 1.165) is 32.5 Å². The van der Waals surface area contributed by atoms with Crippen LogP contribution in [0.1, 0.15) is 38.7 Å². The Morgan fingerprint density at radius 1 is 1.38 bits per heavy atom. The summed E-state index contributed by atoms with van der Waals surface area (Å²) in [6.45, 7) is 7.15. The zero-order valence-corrected chi connectivity index (χ0v) is 13.0. The van der Waals surface area contributed by atoms with Gasteiger partial charge < -0.3 is 10.5 Å². The molecule has 0 aromatic heterocycles. The van der Waals surface area contributed by atoms with Crippen molar-refractivity contribution in [3.8, 4) is 0 Å². The maximum absolute atomic E-state index is 10.9. The minimum Gasteiger partial charge on any atom is -0.444 e. The van der Waals surface area contributed by atoms with E-state index >= 15 is 0 Å². The van der Waals surface area contributed by atoms with Gasteiger partial charge in [-0.05, 0) is 51.1 Å². The van der Waals surface area contributed by atoms with Crippen LogP contribution in [-0.2, 0) is 11.3 Å². The van der Waals surface area contributed by atoms with Crippen LogP contribution in [0.25, 0.3) is 0 Å². The van der Waals surface area contributed by atoms with E-state index in [-0.39, 0.29) is 0 Å². The van der Waals surface area contributed by atoms with Crippen molar-refractivity contribution in [2.24, 2.45) is 11.7 Å². The summed E-state index contributed by atoms with van der Waals surface area (Å²) >= 11 is 0. The highest BCUT2D eigenvalue weighted by Crippen LogP contribution is 2.27. The Kier molecular flexibility index (Phi) is 5.23. The predicted octanol–water partition coefficient (Wildman–Crippen LogP) is 3.16. The third-order valence-electron chi connectivity index (χ3n) is 4.15. The molecule has 21 heavy (non-hydrogen) atoms. The number of carbonyl (C=O) groups is 1. The molecule has 1 heterocycles. The second kappa shape index (κ2) is 6.94. The van der Waals surface area contributed by atoms with Gasteiger partial charge in [-0.1, -0.05) is 30.3 Å². The smallest absolute Gasteiger partial charge is 0.405 e. The van der Waals surface area contributed by atoms with Crippen LogP contribution in [0.2, 0.25) is 0 Å². The van der Waals surface area contributed by atoms with Crippen molar-refractivity contribution in [2.45, 2.75) is 45.3 Å². The first kappa shape index (κ1) is 15.8. The van der Waals surface area contributed by atoms with Gasteiger partial charge in [0.2, 0.25) is 0 Å². The van der Waals surface area contributed by atoms with Gasteiger partial charge in [0.25, 0.3) is 0 Å². The number of nitrogens with zero attached hydrogens (tertiary/aromatic N) is 1. The summed E-state index contributed by atoms with van der Waals surface area (Å²) in [6.07, 6.45) is 2.47. The molecule has 1 fully saturated rings. The van der Waals surface area contributed by atoms with Crippen LogP contribution in [0, 0.1) is 5.92 Å². The minimum absolute atomic E-state index is 0.460. The summed E-state index contributed by atoms with van der Waals surface area (Å²) in [5.41, 5.74) is 6.01. The lowest BCUT2D eigenvalue weighted by molar-refractivity contribution is 0.0344. The Hall–Kier alpha value is -1.55. The first-order chi connectivity index (χ1) is 9.94. The molecule has 1 amide bonds. The monoisotopic (exact) mass is 290 g/mol. The molecule has 1 unspecified atom stereocenters. The van der Waals surface area contributed by atoms with Gasteiger partial charge in [-0.15, -0.1) is 0 Å². The standard InChI is InChI=1S/C17H26N2O2/c1-17(2,21-16(18)20)10-8-15-9-11-19(13-15)12-14-6-4-3-5-7-14/h3-7,15H,8-13H2,1-2H3,(H2,18,20). The first-order valence-electron chi connectivity index (χ1n) is 7.69. The minimum atomic E-state index is -0.683. The van der Waals surface area contributed by atoms with Crippen molar-refractivity contribution in [1.29, 1.82) is 0 Å². The van der Waals surface area contributed by atoms with Crippen molar-refractivity contribution in [3.05, 3.63) is 35.9 Å². The van der Waals surface area contributed by atoms with Gasteiger partial charge in [0, 0.05) is 13.1 Å². The number of hydrogen-bond donors (Lipinski definition) is 1. The molecule has 1 aromatic rings. The fraction of sp³-hybridized carbons (Fsp3) is 0.588. The number of rotatable bonds is 6. The lowest BCUT2D eigenvalue weighted by atomic mass is 9.94. The van der Waals surface area contributed by atoms with E-state index in [1.807, 2.05) is 13.8 Å². The highest BCUT2D eigenvalue weighted by molar-refractivity contribution is 5.65. The number of hydrogen-bond acceptors (Lipinski definition) is 3. The highest BCUT2D eigenvalue weighted by atomic mass is 16.6. The van der Waals surface area contributed by atoms with Crippen LogP contribution < -0.4 is 5.73 Å². The molecule has 4 nitrogen and oxygen atoms in total. The number of amides is 1. The largest absolute Gasteiger partial charge is 0.444 e. The number of carbonyl (C=O) groups excluding carboxylic acids is 1. The highest BCUT2D eigenvalue weighted by Gasteiger charge is 2.27. The van der Waals surface area contributed by atoms with Gasteiger partial charge in [-0.2, -0.15) is 0 Å². The van der Waals surface area contributed by atoms with Gasteiger partial charge in [0.15, 0.2) is 0 Å². The van der Waals surface area contributed by atoms with E-state index in [1.165, 1.54) is 12.0 Å². The van der Waals surface area contributed by atoms with E-state index in [1.54, 1.807) is 0 Å². The van der Waals surface area contributed by atoms with Gasteiger partial charge in [-0.3, -0.25) is 4.90 Å². The molecule has 0 radical (unpaired) electrons. The van der Waals surface area contributed by atoms with Crippen LogP contribution in [0.3, 0.4) is 0 Å². The molecule has 2 N–H and O–H groups in total. The van der Waals surface area contributed by atoms with Gasteiger partial charge in [-0.25, -0.2) is 4.79 Å². The quantitative estimate of drug-likeness (QED) is 0.875. The molecular weight excluding hydrogens is 264 g/mol. The Morgan fingerprint density at radius 3 is 2.76 bits per heavy atom. The lowest BCUT2D eigenvalue weighted by Gasteiger charge is -2.25. The normalized spacial score (nSPS) is 19.6. The SMILES string of the molecule is CC(C)(CCC1CCN(Cc2ccccc2)C1)OC(N)=O. The summed E-state index contributed by atoms with van der Waals surface area (Å²) in [6, 6.07) is 10.6. The number of likely N-dealkylation sites (tertiary alicyclic amines) is 1. The van der Waals surface area contributed by atoms with E-state index < -0.39 is 11.7 Å². The average molecular weight is 290 g/mol. The molecule has 116 valence electrons. The van der Waals surface area contributed by atoms with E-state index in [2.05, 4.69) is 35.2 Å². The lowest BCUT2D eigenvalue weighted by Crippen LogP contribution is -2.31. The van der Waals surface area contributed by atoms with E-state index in [9.17, 15) is 4.79 Å².